The standard InChI is InChI=1S/C13H20BrNO2/c1-4-16-8-9(2)17-11-5-6-12(10(3)15)13(14)7-11/h5-7,9-10H,4,8,15H2,1-3H3/t9?,10-/m1/s1. The molecule has 0 aliphatic heterocycles. The van der Waals surface area contributed by atoms with E-state index in [0.29, 0.717) is 13.2 Å². The Labute approximate surface area is 111 Å². The number of rotatable bonds is 6. The van der Waals surface area contributed by atoms with Gasteiger partial charge in [-0.2, -0.15) is 0 Å². The van der Waals surface area contributed by atoms with Crippen molar-refractivity contribution >= 4 is 15.9 Å². The van der Waals surface area contributed by atoms with E-state index in [1.807, 2.05) is 39.0 Å². The normalized spacial score (nSPS) is 14.4. The van der Waals surface area contributed by atoms with Gasteiger partial charge >= 0.3 is 0 Å². The third kappa shape index (κ3) is 4.66. The molecule has 1 aromatic carbocycles. The lowest BCUT2D eigenvalue weighted by Crippen LogP contribution is -2.19. The number of hydrogen-bond donors (Lipinski definition) is 1. The Morgan fingerprint density at radius 2 is 2.06 bits per heavy atom. The maximum atomic E-state index is 5.84. The van der Waals surface area contributed by atoms with Crippen molar-refractivity contribution in [1.82, 2.24) is 0 Å². The average Bonchev–Trinajstić information content (AvgIpc) is 2.26. The minimum atomic E-state index is 0.0132. The van der Waals surface area contributed by atoms with Gasteiger partial charge in [-0.3, -0.25) is 0 Å². The van der Waals surface area contributed by atoms with Crippen LogP contribution in [0.3, 0.4) is 0 Å². The van der Waals surface area contributed by atoms with E-state index in [2.05, 4.69) is 15.9 Å². The second-order valence-electron chi connectivity index (χ2n) is 4.06. The zero-order chi connectivity index (χ0) is 12.8. The number of halogens is 1. The molecule has 0 aromatic heterocycles. The van der Waals surface area contributed by atoms with Crippen molar-refractivity contribution in [1.29, 1.82) is 0 Å². The molecule has 2 atom stereocenters. The number of benzene rings is 1. The summed E-state index contributed by atoms with van der Waals surface area (Å²) in [6.07, 6.45) is 0.0444. The molecule has 0 amide bonds. The first-order valence-electron chi connectivity index (χ1n) is 5.84. The summed E-state index contributed by atoms with van der Waals surface area (Å²) >= 11 is 3.50. The van der Waals surface area contributed by atoms with E-state index in [1.54, 1.807) is 0 Å². The molecule has 0 aliphatic rings. The Morgan fingerprint density at radius 1 is 1.35 bits per heavy atom. The van der Waals surface area contributed by atoms with Crippen molar-refractivity contribution < 1.29 is 9.47 Å². The monoisotopic (exact) mass is 301 g/mol. The summed E-state index contributed by atoms with van der Waals surface area (Å²) in [7, 11) is 0. The van der Waals surface area contributed by atoms with E-state index in [0.717, 1.165) is 15.8 Å². The van der Waals surface area contributed by atoms with Crippen LogP contribution in [0.2, 0.25) is 0 Å². The topological polar surface area (TPSA) is 44.5 Å². The van der Waals surface area contributed by atoms with Crippen LogP contribution in [0.5, 0.6) is 5.75 Å². The molecule has 96 valence electrons. The van der Waals surface area contributed by atoms with Crippen LogP contribution in [-0.2, 0) is 4.74 Å². The van der Waals surface area contributed by atoms with Crippen molar-refractivity contribution in [2.45, 2.75) is 32.9 Å². The molecule has 1 aromatic rings. The predicted octanol–water partition coefficient (Wildman–Crippen LogP) is 3.27. The van der Waals surface area contributed by atoms with Gasteiger partial charge in [0, 0.05) is 17.1 Å². The van der Waals surface area contributed by atoms with Gasteiger partial charge in [0.1, 0.15) is 11.9 Å². The van der Waals surface area contributed by atoms with Crippen molar-refractivity contribution in [3.05, 3.63) is 28.2 Å². The predicted molar refractivity (Wildman–Crippen MR) is 73.3 cm³/mol. The first-order chi connectivity index (χ1) is 8.04. The van der Waals surface area contributed by atoms with Crippen LogP contribution >= 0.6 is 15.9 Å². The molecule has 0 aliphatic carbocycles. The summed E-state index contributed by atoms with van der Waals surface area (Å²) in [5.41, 5.74) is 6.92. The van der Waals surface area contributed by atoms with E-state index in [4.69, 9.17) is 15.2 Å². The van der Waals surface area contributed by atoms with E-state index in [-0.39, 0.29) is 12.1 Å². The van der Waals surface area contributed by atoms with Crippen LogP contribution in [-0.4, -0.2) is 19.3 Å². The average molecular weight is 302 g/mol. The lowest BCUT2D eigenvalue weighted by molar-refractivity contribution is 0.0657. The fourth-order valence-corrected chi connectivity index (χ4v) is 2.22. The largest absolute Gasteiger partial charge is 0.488 e. The van der Waals surface area contributed by atoms with Crippen LogP contribution in [0.1, 0.15) is 32.4 Å². The molecule has 0 spiro atoms. The van der Waals surface area contributed by atoms with Gasteiger partial charge in [0.2, 0.25) is 0 Å². The molecule has 3 nitrogen and oxygen atoms in total. The van der Waals surface area contributed by atoms with Gasteiger partial charge in [0.05, 0.1) is 6.61 Å². The molecular weight excluding hydrogens is 282 g/mol. The van der Waals surface area contributed by atoms with E-state index in [9.17, 15) is 0 Å². The van der Waals surface area contributed by atoms with Gasteiger partial charge < -0.3 is 15.2 Å². The minimum Gasteiger partial charge on any atom is -0.488 e. The van der Waals surface area contributed by atoms with Crippen molar-refractivity contribution in [3.8, 4) is 5.75 Å². The van der Waals surface area contributed by atoms with Crippen LogP contribution in [0, 0.1) is 0 Å². The van der Waals surface area contributed by atoms with Crippen molar-refractivity contribution in [2.24, 2.45) is 5.73 Å². The third-order valence-electron chi connectivity index (χ3n) is 2.36. The third-order valence-corrected chi connectivity index (χ3v) is 3.04. The highest BCUT2D eigenvalue weighted by molar-refractivity contribution is 9.10. The smallest absolute Gasteiger partial charge is 0.120 e. The SMILES string of the molecule is CCOCC(C)Oc1ccc([C@@H](C)N)c(Br)c1. The molecule has 0 heterocycles. The molecule has 0 bridgehead atoms. The van der Waals surface area contributed by atoms with Gasteiger partial charge in [-0.1, -0.05) is 22.0 Å². The zero-order valence-electron chi connectivity index (χ0n) is 10.6. The summed E-state index contributed by atoms with van der Waals surface area (Å²) in [6.45, 7) is 7.23. The maximum absolute atomic E-state index is 5.84. The van der Waals surface area contributed by atoms with E-state index < -0.39 is 0 Å². The number of ether oxygens (including phenoxy) is 2. The van der Waals surface area contributed by atoms with Gasteiger partial charge in [-0.25, -0.2) is 0 Å². The Hall–Kier alpha value is -0.580. The quantitative estimate of drug-likeness (QED) is 0.877. The second-order valence-corrected chi connectivity index (χ2v) is 4.91. The summed E-state index contributed by atoms with van der Waals surface area (Å²) in [5, 5.41) is 0. The highest BCUT2D eigenvalue weighted by Crippen LogP contribution is 2.27. The molecule has 0 radical (unpaired) electrons. The van der Waals surface area contributed by atoms with Gasteiger partial charge in [0.25, 0.3) is 0 Å². The van der Waals surface area contributed by atoms with E-state index in [1.165, 1.54) is 0 Å². The Bertz CT molecular complexity index is 355. The molecule has 1 unspecified atom stereocenters. The van der Waals surface area contributed by atoms with Gasteiger partial charge in [-0.15, -0.1) is 0 Å². The highest BCUT2D eigenvalue weighted by atomic mass is 79.9. The maximum Gasteiger partial charge on any atom is 0.120 e. The zero-order valence-corrected chi connectivity index (χ0v) is 12.2. The molecule has 0 saturated carbocycles. The molecule has 4 heteroatoms. The number of nitrogens with two attached hydrogens (primary N) is 1. The molecule has 0 saturated heterocycles. The van der Waals surface area contributed by atoms with Gasteiger partial charge in [0.15, 0.2) is 0 Å². The summed E-state index contributed by atoms with van der Waals surface area (Å²) in [4.78, 5) is 0. The second kappa shape index (κ2) is 6.99. The first-order valence-corrected chi connectivity index (χ1v) is 6.63. The summed E-state index contributed by atoms with van der Waals surface area (Å²) in [6, 6.07) is 5.88. The molecule has 0 fully saturated rings. The molecule has 1 rings (SSSR count). The Balaban J connectivity index is 2.64. The lowest BCUT2D eigenvalue weighted by atomic mass is 10.1. The lowest BCUT2D eigenvalue weighted by Gasteiger charge is -2.16. The van der Waals surface area contributed by atoms with Crippen LogP contribution in [0.15, 0.2) is 22.7 Å². The Morgan fingerprint density at radius 3 is 2.59 bits per heavy atom. The summed E-state index contributed by atoms with van der Waals surface area (Å²) < 4.78 is 12.0. The van der Waals surface area contributed by atoms with Crippen LogP contribution in [0.25, 0.3) is 0 Å². The van der Waals surface area contributed by atoms with Crippen LogP contribution < -0.4 is 10.5 Å². The fraction of sp³-hybridized carbons (Fsp3) is 0.538. The highest BCUT2D eigenvalue weighted by Gasteiger charge is 2.08. The van der Waals surface area contributed by atoms with E-state index >= 15 is 0 Å². The van der Waals surface area contributed by atoms with Crippen LogP contribution in [0.4, 0.5) is 0 Å². The molecular formula is C13H20BrNO2. The molecule has 2 N–H and O–H groups in total. The fourth-order valence-electron chi connectivity index (χ4n) is 1.50. The van der Waals surface area contributed by atoms with Crippen molar-refractivity contribution in [3.63, 3.8) is 0 Å². The Kier molecular flexibility index (Phi) is 5.95. The van der Waals surface area contributed by atoms with Gasteiger partial charge in [-0.05, 0) is 38.5 Å². The minimum absolute atomic E-state index is 0.0132. The first kappa shape index (κ1) is 14.5. The molecule has 17 heavy (non-hydrogen) atoms. The summed E-state index contributed by atoms with van der Waals surface area (Å²) in [5.74, 6) is 0.827. The number of hydrogen-bond acceptors (Lipinski definition) is 3. The van der Waals surface area contributed by atoms with Crippen molar-refractivity contribution in [2.75, 3.05) is 13.2 Å².